The van der Waals surface area contributed by atoms with E-state index in [9.17, 15) is 4.79 Å². The maximum atomic E-state index is 11.9. The third kappa shape index (κ3) is 1.65. The van der Waals surface area contributed by atoms with Crippen molar-refractivity contribution in [2.24, 2.45) is 0 Å². The van der Waals surface area contributed by atoms with Gasteiger partial charge in [0.25, 0.3) is 0 Å². The highest BCUT2D eigenvalue weighted by molar-refractivity contribution is 6.22. The Hall–Kier alpha value is -1.72. The molecule has 5 nitrogen and oxygen atoms in total. The fourth-order valence-corrected chi connectivity index (χ4v) is 6.30. The first kappa shape index (κ1) is 16.5. The van der Waals surface area contributed by atoms with Crippen molar-refractivity contribution < 1.29 is 19.0 Å². The van der Waals surface area contributed by atoms with E-state index in [1.165, 1.54) is 18.1 Å². The van der Waals surface area contributed by atoms with Gasteiger partial charge in [-0.05, 0) is 31.6 Å². The molecule has 4 aliphatic rings. The molecular formula is C20H22ClNO4. The summed E-state index contributed by atoms with van der Waals surface area (Å²) in [6.45, 7) is 2.37. The fourth-order valence-electron chi connectivity index (χ4n) is 5.96. The van der Waals surface area contributed by atoms with Crippen molar-refractivity contribution in [3.05, 3.63) is 35.4 Å². The van der Waals surface area contributed by atoms with Gasteiger partial charge in [-0.25, -0.2) is 0 Å². The Kier molecular flexibility index (Phi) is 3.27. The fraction of sp³-hybridized carbons (Fsp3) is 0.550. The molecular weight excluding hydrogens is 354 g/mol. The number of hydrogen-bond donors (Lipinski definition) is 0. The van der Waals surface area contributed by atoms with Gasteiger partial charge < -0.3 is 14.2 Å². The Morgan fingerprint density at radius 1 is 1.42 bits per heavy atom. The topological polar surface area (TPSA) is 48.0 Å². The summed E-state index contributed by atoms with van der Waals surface area (Å²) in [4.78, 5) is 14.2. The predicted octanol–water partition coefficient (Wildman–Crippen LogP) is 2.43. The molecule has 5 atom stereocenters. The molecule has 2 unspecified atom stereocenters. The molecule has 1 aromatic carbocycles. The Morgan fingerprint density at radius 2 is 2.23 bits per heavy atom. The normalized spacial score (nSPS) is 39.2. The number of carbonyl (C=O) groups excluding carboxylic acids is 1. The Morgan fingerprint density at radius 3 is 2.96 bits per heavy atom. The second-order valence-electron chi connectivity index (χ2n) is 7.74. The highest BCUT2D eigenvalue weighted by Crippen LogP contribution is 2.66. The van der Waals surface area contributed by atoms with Gasteiger partial charge in [0.2, 0.25) is 0 Å². The first-order valence-electron chi connectivity index (χ1n) is 9.04. The van der Waals surface area contributed by atoms with Crippen LogP contribution in [0.15, 0.2) is 24.3 Å². The maximum Gasteiger partial charge on any atom is 0.302 e. The highest BCUT2D eigenvalue weighted by Gasteiger charge is 2.74. The largest absolute Gasteiger partial charge is 0.493 e. The molecule has 0 N–H and O–H groups in total. The Balaban J connectivity index is 1.84. The summed E-state index contributed by atoms with van der Waals surface area (Å²) in [7, 11) is 3.76. The smallest absolute Gasteiger partial charge is 0.302 e. The summed E-state index contributed by atoms with van der Waals surface area (Å²) in [6, 6.07) is 4.02. The Labute approximate surface area is 157 Å². The molecule has 138 valence electrons. The van der Waals surface area contributed by atoms with E-state index in [0.717, 1.165) is 24.5 Å². The third-order valence-corrected chi connectivity index (χ3v) is 7.19. The zero-order chi connectivity index (χ0) is 18.3. The molecule has 1 spiro atoms. The van der Waals surface area contributed by atoms with Crippen LogP contribution in [-0.4, -0.2) is 54.7 Å². The van der Waals surface area contributed by atoms with Gasteiger partial charge in [-0.2, -0.15) is 0 Å². The van der Waals surface area contributed by atoms with E-state index in [4.69, 9.17) is 25.8 Å². The van der Waals surface area contributed by atoms with Crippen molar-refractivity contribution in [3.63, 3.8) is 0 Å². The van der Waals surface area contributed by atoms with Gasteiger partial charge in [0, 0.05) is 18.9 Å². The van der Waals surface area contributed by atoms with Gasteiger partial charge in [0.1, 0.15) is 12.2 Å². The number of likely N-dealkylation sites (N-methyl/N-ethyl adjacent to an activating group) is 1. The first-order chi connectivity index (χ1) is 12.5. The molecule has 0 bridgehead atoms. The molecule has 0 radical (unpaired) electrons. The number of likely N-dealkylation sites (tertiary alicyclic amines) is 1. The summed E-state index contributed by atoms with van der Waals surface area (Å²) in [5, 5.41) is -0.240. The van der Waals surface area contributed by atoms with Crippen molar-refractivity contribution >= 4 is 17.6 Å². The van der Waals surface area contributed by atoms with Crippen LogP contribution < -0.4 is 9.47 Å². The number of methoxy groups -OCH3 is 1. The maximum absolute atomic E-state index is 11.9. The lowest BCUT2D eigenvalue weighted by molar-refractivity contribution is -0.156. The van der Waals surface area contributed by atoms with Gasteiger partial charge >= 0.3 is 5.97 Å². The zero-order valence-electron chi connectivity index (χ0n) is 15.1. The van der Waals surface area contributed by atoms with Crippen LogP contribution >= 0.6 is 11.6 Å². The van der Waals surface area contributed by atoms with Crippen LogP contribution in [0.3, 0.4) is 0 Å². The number of ether oxygens (including phenoxy) is 3. The lowest BCUT2D eigenvalue weighted by Gasteiger charge is -2.56. The number of nitrogens with zero attached hydrogens (tertiary/aromatic N) is 1. The predicted molar refractivity (Wildman–Crippen MR) is 97.1 cm³/mol. The number of rotatable bonds is 2. The summed E-state index contributed by atoms with van der Waals surface area (Å²) in [5.41, 5.74) is 1.59. The van der Waals surface area contributed by atoms with Crippen molar-refractivity contribution in [1.82, 2.24) is 4.90 Å². The van der Waals surface area contributed by atoms with Crippen molar-refractivity contribution in [3.8, 4) is 11.5 Å². The van der Waals surface area contributed by atoms with Crippen LogP contribution in [0, 0.1) is 0 Å². The van der Waals surface area contributed by atoms with Crippen LogP contribution in [-0.2, 0) is 21.4 Å². The monoisotopic (exact) mass is 375 g/mol. The van der Waals surface area contributed by atoms with E-state index >= 15 is 0 Å². The quantitative estimate of drug-likeness (QED) is 0.451. The van der Waals surface area contributed by atoms with E-state index in [-0.39, 0.29) is 29.0 Å². The number of benzene rings is 1. The third-order valence-electron chi connectivity index (χ3n) is 6.82. The molecule has 2 aliphatic heterocycles. The van der Waals surface area contributed by atoms with E-state index in [1.807, 2.05) is 12.1 Å². The number of halogens is 1. The van der Waals surface area contributed by atoms with E-state index in [0.29, 0.717) is 6.42 Å². The van der Waals surface area contributed by atoms with Gasteiger partial charge in [0.05, 0.1) is 23.4 Å². The second-order valence-corrected chi connectivity index (χ2v) is 8.25. The number of hydrogen-bond acceptors (Lipinski definition) is 5. The standard InChI is InChI=1S/C20H22ClNO4/c1-11(23)25-15-10-12-4-5-14(24-3)17-16(12)19-8-9-22(2)20(15,19)7-6-13(21)18(19)26-17/h4-7,13,15,18H,8-10H2,1-3H3/t13-,15+,18+,19?,20?/m1/s1. The van der Waals surface area contributed by atoms with Gasteiger partial charge in [-0.1, -0.05) is 18.2 Å². The van der Waals surface area contributed by atoms with Gasteiger partial charge in [-0.15, -0.1) is 11.6 Å². The van der Waals surface area contributed by atoms with Crippen LogP contribution in [0.4, 0.5) is 0 Å². The van der Waals surface area contributed by atoms with Crippen molar-refractivity contribution in [2.75, 3.05) is 20.7 Å². The first-order valence-corrected chi connectivity index (χ1v) is 9.48. The number of esters is 1. The molecule has 1 aromatic rings. The minimum Gasteiger partial charge on any atom is -0.493 e. The average molecular weight is 376 g/mol. The summed E-state index contributed by atoms with van der Waals surface area (Å²) in [5.74, 6) is 1.30. The number of carbonyl (C=O) groups is 1. The average Bonchev–Trinajstić information content (AvgIpc) is 3.12. The van der Waals surface area contributed by atoms with E-state index in [1.54, 1.807) is 7.11 Å². The minimum atomic E-state index is -0.445. The van der Waals surface area contributed by atoms with Crippen LogP contribution in [0.5, 0.6) is 11.5 Å². The highest BCUT2D eigenvalue weighted by atomic mass is 35.5. The van der Waals surface area contributed by atoms with Crippen LogP contribution in [0.25, 0.3) is 0 Å². The van der Waals surface area contributed by atoms with E-state index < -0.39 is 5.54 Å². The van der Waals surface area contributed by atoms with Crippen LogP contribution in [0.1, 0.15) is 24.5 Å². The molecule has 1 saturated heterocycles. The molecule has 26 heavy (non-hydrogen) atoms. The minimum absolute atomic E-state index is 0.206. The molecule has 6 heteroatoms. The van der Waals surface area contributed by atoms with Crippen molar-refractivity contribution in [2.45, 2.75) is 48.3 Å². The molecule has 5 rings (SSSR count). The summed E-state index contributed by atoms with van der Waals surface area (Å²) >= 11 is 6.73. The van der Waals surface area contributed by atoms with Gasteiger partial charge in [-0.3, -0.25) is 9.69 Å². The molecule has 2 heterocycles. The number of alkyl halides is 1. The lowest BCUT2D eigenvalue weighted by Crippen LogP contribution is -2.70. The zero-order valence-corrected chi connectivity index (χ0v) is 15.9. The van der Waals surface area contributed by atoms with Gasteiger partial charge in [0.15, 0.2) is 11.5 Å². The second kappa shape index (κ2) is 5.17. The summed E-state index contributed by atoms with van der Waals surface area (Å²) < 4.78 is 17.9. The summed E-state index contributed by atoms with van der Waals surface area (Å²) in [6.07, 6.45) is 5.26. The van der Waals surface area contributed by atoms with E-state index in [2.05, 4.69) is 24.1 Å². The lowest BCUT2D eigenvalue weighted by atomic mass is 9.53. The van der Waals surface area contributed by atoms with Crippen LogP contribution in [0.2, 0.25) is 0 Å². The molecule has 0 amide bonds. The molecule has 0 saturated carbocycles. The molecule has 0 aromatic heterocycles. The molecule has 1 fully saturated rings. The van der Waals surface area contributed by atoms with Crippen molar-refractivity contribution in [1.29, 1.82) is 0 Å². The SMILES string of the molecule is COc1ccc2c3c1O[C@H]1[C@H](Cl)C=CC4([C@@H](OC(C)=O)C2)N(C)CCC314. The Bertz CT molecular complexity index is 839. The molecule has 2 aliphatic carbocycles.